The summed E-state index contributed by atoms with van der Waals surface area (Å²) >= 11 is 0. The van der Waals surface area contributed by atoms with Gasteiger partial charge in [0.2, 0.25) is 5.91 Å². The normalized spacial score (nSPS) is 11.7. The molecule has 0 saturated carbocycles. The van der Waals surface area contributed by atoms with Crippen LogP contribution in [-0.2, 0) is 4.79 Å². The van der Waals surface area contributed by atoms with Gasteiger partial charge in [-0.3, -0.25) is 4.79 Å². The van der Waals surface area contributed by atoms with Crippen molar-refractivity contribution < 1.29 is 4.79 Å². The molecule has 0 rings (SSSR count). The average Bonchev–Trinajstić information content (AvgIpc) is 2.03. The molecule has 1 amide bonds. The molecule has 0 saturated heterocycles. The van der Waals surface area contributed by atoms with Gasteiger partial charge in [-0.15, -0.1) is 12.3 Å². The summed E-state index contributed by atoms with van der Waals surface area (Å²) in [6, 6.07) is -0.159. The summed E-state index contributed by atoms with van der Waals surface area (Å²) in [4.78, 5) is 10.9. The lowest BCUT2D eigenvalue weighted by molar-refractivity contribution is -0.122. The van der Waals surface area contributed by atoms with Crippen LogP contribution in [0.3, 0.4) is 0 Å². The highest BCUT2D eigenvalue weighted by Crippen LogP contribution is 1.81. The fourth-order valence-electron chi connectivity index (χ4n) is 0.670. The van der Waals surface area contributed by atoms with E-state index < -0.39 is 0 Å². The molecule has 0 fully saturated rings. The van der Waals surface area contributed by atoms with Crippen LogP contribution in [0.5, 0.6) is 0 Å². The van der Waals surface area contributed by atoms with Gasteiger partial charge in [0, 0.05) is 20.0 Å². The van der Waals surface area contributed by atoms with Crippen molar-refractivity contribution in [3.8, 4) is 12.3 Å². The van der Waals surface area contributed by atoms with Crippen LogP contribution in [-0.4, -0.2) is 25.5 Å². The Hall–Kier alpha value is -1.01. The van der Waals surface area contributed by atoms with E-state index in [0.29, 0.717) is 13.0 Å². The van der Waals surface area contributed by atoms with Crippen molar-refractivity contribution in [2.45, 2.75) is 19.4 Å². The van der Waals surface area contributed by atoms with Gasteiger partial charge in [-0.1, -0.05) is 0 Å². The molecule has 1 unspecified atom stereocenters. The molecule has 1 atom stereocenters. The van der Waals surface area contributed by atoms with E-state index in [0.717, 1.165) is 0 Å². The Morgan fingerprint density at radius 3 is 2.82 bits per heavy atom. The summed E-state index contributed by atoms with van der Waals surface area (Å²) in [5, 5.41) is 5.52. The molecule has 0 aromatic carbocycles. The van der Waals surface area contributed by atoms with E-state index >= 15 is 0 Å². The SMILES string of the molecule is C#CCCNC(C)C(=O)NC. The lowest BCUT2D eigenvalue weighted by Crippen LogP contribution is -2.40. The van der Waals surface area contributed by atoms with Gasteiger partial charge in [0.15, 0.2) is 0 Å². The Morgan fingerprint density at radius 2 is 2.36 bits per heavy atom. The van der Waals surface area contributed by atoms with Crippen molar-refractivity contribution in [3.05, 3.63) is 0 Å². The van der Waals surface area contributed by atoms with Gasteiger partial charge in [-0.2, -0.15) is 0 Å². The van der Waals surface area contributed by atoms with Crippen molar-refractivity contribution in [2.24, 2.45) is 0 Å². The van der Waals surface area contributed by atoms with Gasteiger partial charge in [-0.05, 0) is 6.92 Å². The second-order valence-corrected chi connectivity index (χ2v) is 2.24. The third kappa shape index (κ3) is 4.40. The van der Waals surface area contributed by atoms with Crippen molar-refractivity contribution in [1.82, 2.24) is 10.6 Å². The molecule has 2 N–H and O–H groups in total. The standard InChI is InChI=1S/C8H14N2O/c1-4-5-6-10-7(2)8(11)9-3/h1,7,10H,5-6H2,2-3H3,(H,9,11). The van der Waals surface area contributed by atoms with E-state index in [4.69, 9.17) is 6.42 Å². The molecule has 0 heterocycles. The maximum Gasteiger partial charge on any atom is 0.236 e. The van der Waals surface area contributed by atoms with Crippen molar-refractivity contribution in [1.29, 1.82) is 0 Å². The maximum atomic E-state index is 10.9. The summed E-state index contributed by atoms with van der Waals surface area (Å²) in [5.74, 6) is 2.47. The molecule has 3 nitrogen and oxygen atoms in total. The van der Waals surface area contributed by atoms with Crippen LogP contribution in [0.4, 0.5) is 0 Å². The number of nitrogens with one attached hydrogen (secondary N) is 2. The molecule has 0 spiro atoms. The number of hydrogen-bond acceptors (Lipinski definition) is 2. The lowest BCUT2D eigenvalue weighted by Gasteiger charge is -2.09. The largest absolute Gasteiger partial charge is 0.358 e. The minimum Gasteiger partial charge on any atom is -0.358 e. The molecule has 11 heavy (non-hydrogen) atoms. The first-order chi connectivity index (χ1) is 5.22. The molecular weight excluding hydrogens is 140 g/mol. The highest BCUT2D eigenvalue weighted by atomic mass is 16.2. The first-order valence-corrected chi connectivity index (χ1v) is 3.60. The minimum atomic E-state index is -0.159. The molecule has 3 heteroatoms. The molecule has 0 aliphatic carbocycles. The van der Waals surface area contributed by atoms with E-state index in [1.54, 1.807) is 14.0 Å². The van der Waals surface area contributed by atoms with E-state index in [2.05, 4.69) is 16.6 Å². The minimum absolute atomic E-state index is 0.0120. The number of carbonyl (C=O) groups is 1. The predicted octanol–water partition coefficient (Wildman–Crippen LogP) is -0.266. The van der Waals surface area contributed by atoms with Gasteiger partial charge in [0.25, 0.3) is 0 Å². The van der Waals surface area contributed by atoms with Crippen LogP contribution in [0.25, 0.3) is 0 Å². The lowest BCUT2D eigenvalue weighted by atomic mass is 10.3. The number of carbonyl (C=O) groups excluding carboxylic acids is 1. The van der Waals surface area contributed by atoms with Crippen LogP contribution >= 0.6 is 0 Å². The quantitative estimate of drug-likeness (QED) is 0.432. The molecule has 0 aromatic heterocycles. The zero-order chi connectivity index (χ0) is 8.69. The second-order valence-electron chi connectivity index (χ2n) is 2.24. The Morgan fingerprint density at radius 1 is 1.73 bits per heavy atom. The molecule has 0 aromatic rings. The van der Waals surface area contributed by atoms with E-state index in [1.807, 2.05) is 0 Å². The fourth-order valence-corrected chi connectivity index (χ4v) is 0.670. The molecule has 0 radical (unpaired) electrons. The first kappa shape index (κ1) is 9.99. The van der Waals surface area contributed by atoms with Crippen LogP contribution < -0.4 is 10.6 Å². The summed E-state index contributed by atoms with van der Waals surface area (Å²) in [7, 11) is 1.61. The molecule has 62 valence electrons. The Balaban J connectivity index is 3.45. The highest BCUT2D eigenvalue weighted by Gasteiger charge is 2.07. The summed E-state index contributed by atoms with van der Waals surface area (Å²) < 4.78 is 0. The highest BCUT2D eigenvalue weighted by molar-refractivity contribution is 5.80. The van der Waals surface area contributed by atoms with Gasteiger partial charge in [0.05, 0.1) is 6.04 Å². The number of amides is 1. The Labute approximate surface area is 67.6 Å². The average molecular weight is 154 g/mol. The van der Waals surface area contributed by atoms with Crippen LogP contribution in [0, 0.1) is 12.3 Å². The van der Waals surface area contributed by atoms with E-state index in [-0.39, 0.29) is 11.9 Å². The Kier molecular flexibility index (Phi) is 5.22. The van der Waals surface area contributed by atoms with Crippen LogP contribution in [0.2, 0.25) is 0 Å². The number of likely N-dealkylation sites (N-methyl/N-ethyl adjacent to an activating group) is 1. The number of terminal acetylenes is 1. The van der Waals surface area contributed by atoms with Gasteiger partial charge < -0.3 is 10.6 Å². The van der Waals surface area contributed by atoms with Crippen LogP contribution in [0.15, 0.2) is 0 Å². The topological polar surface area (TPSA) is 41.1 Å². The van der Waals surface area contributed by atoms with Gasteiger partial charge in [0.1, 0.15) is 0 Å². The van der Waals surface area contributed by atoms with Gasteiger partial charge >= 0.3 is 0 Å². The Bertz CT molecular complexity index is 160. The molecular formula is C8H14N2O. The fraction of sp³-hybridized carbons (Fsp3) is 0.625. The van der Waals surface area contributed by atoms with E-state index in [9.17, 15) is 4.79 Å². The predicted molar refractivity (Wildman–Crippen MR) is 45.0 cm³/mol. The van der Waals surface area contributed by atoms with Crippen LogP contribution in [0.1, 0.15) is 13.3 Å². The number of rotatable bonds is 4. The third-order valence-electron chi connectivity index (χ3n) is 1.36. The number of hydrogen-bond donors (Lipinski definition) is 2. The summed E-state index contributed by atoms with van der Waals surface area (Å²) in [5.41, 5.74) is 0. The third-order valence-corrected chi connectivity index (χ3v) is 1.36. The smallest absolute Gasteiger partial charge is 0.236 e. The molecule has 0 aliphatic heterocycles. The zero-order valence-corrected chi connectivity index (χ0v) is 6.98. The van der Waals surface area contributed by atoms with E-state index in [1.165, 1.54) is 0 Å². The summed E-state index contributed by atoms with van der Waals surface area (Å²) in [6.45, 7) is 2.49. The van der Waals surface area contributed by atoms with Crippen molar-refractivity contribution in [2.75, 3.05) is 13.6 Å². The monoisotopic (exact) mass is 154 g/mol. The zero-order valence-electron chi connectivity index (χ0n) is 6.98. The molecule has 0 aliphatic rings. The molecule has 0 bridgehead atoms. The maximum absolute atomic E-state index is 10.9. The first-order valence-electron chi connectivity index (χ1n) is 3.60. The summed E-state index contributed by atoms with van der Waals surface area (Å²) in [6.07, 6.45) is 5.69. The van der Waals surface area contributed by atoms with Crippen molar-refractivity contribution in [3.63, 3.8) is 0 Å². The second kappa shape index (κ2) is 5.75. The van der Waals surface area contributed by atoms with Crippen molar-refractivity contribution >= 4 is 5.91 Å². The van der Waals surface area contributed by atoms with Gasteiger partial charge in [-0.25, -0.2) is 0 Å².